The highest BCUT2D eigenvalue weighted by molar-refractivity contribution is 7.90. The van der Waals surface area contributed by atoms with Crippen molar-refractivity contribution in [2.24, 2.45) is 5.41 Å². The van der Waals surface area contributed by atoms with Crippen molar-refractivity contribution in [2.75, 3.05) is 5.32 Å². The number of carbonyl (C=O) groups excluding carboxylic acids is 2. The van der Waals surface area contributed by atoms with Crippen molar-refractivity contribution in [3.63, 3.8) is 0 Å². The van der Waals surface area contributed by atoms with Gasteiger partial charge in [-0.15, -0.1) is 11.3 Å². The van der Waals surface area contributed by atoms with Crippen molar-refractivity contribution in [1.29, 1.82) is 0 Å². The van der Waals surface area contributed by atoms with Gasteiger partial charge >= 0.3 is 6.09 Å². The minimum atomic E-state index is -3.84. The molecule has 0 radical (unpaired) electrons. The average Bonchev–Trinajstić information content (AvgIpc) is 3.48. The second-order valence-electron chi connectivity index (χ2n) is 11.0. The molecule has 0 fully saturated rings. The van der Waals surface area contributed by atoms with Gasteiger partial charge in [0.2, 0.25) is 5.91 Å². The molecule has 0 spiro atoms. The number of aromatic nitrogens is 3. The number of nitrogens with zero attached hydrogens (tertiary/aromatic N) is 3. The standard InChI is InChI=1S/C27H31N5O5S2/c1-26(2,3)21(30-25(34)37-27(4,5)6)23(33)31-24-29-20(16-38-24)18-12-14-28-22-19(18)13-15-32(22)39(35,36)17-10-8-7-9-11-17/h7-16,21H,1-6H3,(H,30,34)(H,29,31,33)/t21-/m0/s1. The molecule has 0 aliphatic heterocycles. The summed E-state index contributed by atoms with van der Waals surface area (Å²) in [5, 5.41) is 8.14. The summed E-state index contributed by atoms with van der Waals surface area (Å²) in [5.41, 5.74) is 0.167. The molecule has 12 heteroatoms. The van der Waals surface area contributed by atoms with Crippen LogP contribution in [0.5, 0.6) is 0 Å². The van der Waals surface area contributed by atoms with Crippen molar-refractivity contribution in [1.82, 2.24) is 19.3 Å². The lowest BCUT2D eigenvalue weighted by Crippen LogP contribution is -2.52. The quantitative estimate of drug-likeness (QED) is 0.323. The number of rotatable bonds is 6. The molecule has 2 N–H and O–H groups in total. The van der Waals surface area contributed by atoms with Crippen LogP contribution in [-0.4, -0.2) is 46.0 Å². The summed E-state index contributed by atoms with van der Waals surface area (Å²) in [7, 11) is -3.84. The first-order chi connectivity index (χ1) is 18.2. The molecule has 0 saturated carbocycles. The Hall–Kier alpha value is -3.77. The van der Waals surface area contributed by atoms with E-state index in [0.29, 0.717) is 21.8 Å². The fraction of sp³-hybridized carbons (Fsp3) is 0.333. The van der Waals surface area contributed by atoms with Crippen molar-refractivity contribution in [3.8, 4) is 11.3 Å². The van der Waals surface area contributed by atoms with Crippen LogP contribution < -0.4 is 10.6 Å². The molecule has 1 atom stereocenters. The van der Waals surface area contributed by atoms with Crippen LogP contribution in [0.1, 0.15) is 41.5 Å². The van der Waals surface area contributed by atoms with Crippen LogP contribution in [0.4, 0.5) is 9.93 Å². The predicted octanol–water partition coefficient (Wildman–Crippen LogP) is 5.27. The van der Waals surface area contributed by atoms with E-state index in [1.807, 2.05) is 20.8 Å². The molecule has 3 aromatic heterocycles. The van der Waals surface area contributed by atoms with Crippen LogP contribution in [0, 0.1) is 5.41 Å². The molecular weight excluding hydrogens is 538 g/mol. The summed E-state index contributed by atoms with van der Waals surface area (Å²) in [6.07, 6.45) is 2.30. The topological polar surface area (TPSA) is 132 Å². The molecule has 1 aromatic carbocycles. The number of hydrogen-bond donors (Lipinski definition) is 2. The molecule has 39 heavy (non-hydrogen) atoms. The number of ether oxygens (including phenoxy) is 1. The first-order valence-electron chi connectivity index (χ1n) is 12.2. The number of fused-ring (bicyclic) bond motifs is 1. The van der Waals surface area contributed by atoms with Gasteiger partial charge in [0.05, 0.1) is 10.6 Å². The molecule has 4 rings (SSSR count). The molecule has 10 nitrogen and oxygen atoms in total. The molecule has 0 unspecified atom stereocenters. The summed E-state index contributed by atoms with van der Waals surface area (Å²) in [6.45, 7) is 10.8. The highest BCUT2D eigenvalue weighted by Gasteiger charge is 2.34. The molecule has 206 valence electrons. The van der Waals surface area contributed by atoms with Gasteiger partial charge in [-0.3, -0.25) is 4.79 Å². The maximum Gasteiger partial charge on any atom is 0.408 e. The highest BCUT2D eigenvalue weighted by atomic mass is 32.2. The smallest absolute Gasteiger partial charge is 0.408 e. The number of benzene rings is 1. The van der Waals surface area contributed by atoms with E-state index in [1.165, 1.54) is 35.9 Å². The Labute approximate surface area is 231 Å². The fourth-order valence-corrected chi connectivity index (χ4v) is 5.91. The van der Waals surface area contributed by atoms with Crippen molar-refractivity contribution >= 4 is 49.5 Å². The lowest BCUT2D eigenvalue weighted by Gasteiger charge is -2.31. The Morgan fingerprint density at radius 3 is 2.36 bits per heavy atom. The number of thiazole rings is 1. The molecule has 0 aliphatic rings. The predicted molar refractivity (Wildman–Crippen MR) is 151 cm³/mol. The Morgan fingerprint density at radius 2 is 1.72 bits per heavy atom. The Balaban J connectivity index is 1.59. The van der Waals surface area contributed by atoms with E-state index in [4.69, 9.17) is 4.74 Å². The van der Waals surface area contributed by atoms with Crippen molar-refractivity contribution < 1.29 is 22.7 Å². The Kier molecular flexibility index (Phi) is 7.55. The average molecular weight is 570 g/mol. The molecule has 0 aliphatic carbocycles. The lowest BCUT2D eigenvalue weighted by atomic mass is 9.86. The van der Waals surface area contributed by atoms with Gasteiger partial charge in [-0.1, -0.05) is 39.0 Å². The van der Waals surface area contributed by atoms with Crippen LogP contribution in [0.15, 0.2) is 65.1 Å². The number of alkyl carbamates (subject to hydrolysis) is 1. The van der Waals surface area contributed by atoms with Gasteiger partial charge in [-0.2, -0.15) is 0 Å². The summed E-state index contributed by atoms with van der Waals surface area (Å²) in [5.74, 6) is -0.436. The van der Waals surface area contributed by atoms with E-state index in [-0.39, 0.29) is 10.5 Å². The minimum absolute atomic E-state index is 0.154. The summed E-state index contributed by atoms with van der Waals surface area (Å²) >= 11 is 1.21. The van der Waals surface area contributed by atoms with E-state index in [1.54, 1.807) is 56.5 Å². The number of amides is 2. The first-order valence-corrected chi connectivity index (χ1v) is 14.5. The van der Waals surface area contributed by atoms with Crippen molar-refractivity contribution in [3.05, 3.63) is 60.2 Å². The third-order valence-electron chi connectivity index (χ3n) is 5.65. The van der Waals surface area contributed by atoms with Gasteiger partial charge in [0.25, 0.3) is 10.0 Å². The first kappa shape index (κ1) is 28.2. The van der Waals surface area contributed by atoms with Crippen LogP contribution in [0.25, 0.3) is 22.3 Å². The zero-order chi connectivity index (χ0) is 28.6. The second-order valence-corrected chi connectivity index (χ2v) is 13.7. The van der Waals surface area contributed by atoms with Crippen LogP contribution >= 0.6 is 11.3 Å². The Morgan fingerprint density at radius 1 is 1.03 bits per heavy atom. The monoisotopic (exact) mass is 569 g/mol. The van der Waals surface area contributed by atoms with E-state index in [9.17, 15) is 18.0 Å². The zero-order valence-electron chi connectivity index (χ0n) is 22.6. The largest absolute Gasteiger partial charge is 0.444 e. The number of hydrogen-bond acceptors (Lipinski definition) is 8. The van der Waals surface area contributed by atoms with Gasteiger partial charge in [0.15, 0.2) is 10.8 Å². The van der Waals surface area contributed by atoms with E-state index in [0.717, 1.165) is 3.97 Å². The van der Waals surface area contributed by atoms with Crippen LogP contribution in [-0.2, 0) is 19.6 Å². The van der Waals surface area contributed by atoms with Crippen LogP contribution in [0.3, 0.4) is 0 Å². The van der Waals surface area contributed by atoms with Gasteiger partial charge < -0.3 is 15.4 Å². The molecular formula is C27H31N5O5S2. The van der Waals surface area contributed by atoms with Gasteiger partial charge in [0, 0.05) is 28.7 Å². The number of nitrogens with one attached hydrogen (secondary N) is 2. The fourth-order valence-electron chi connectivity index (χ4n) is 3.87. The molecule has 2 amide bonds. The SMILES string of the molecule is CC(C)(C)OC(=O)N[C@@H](C(=O)Nc1nc(-c2ccnc3c2ccn3S(=O)(=O)c2ccccc2)cs1)C(C)(C)C. The minimum Gasteiger partial charge on any atom is -0.444 e. The van der Waals surface area contributed by atoms with Crippen LogP contribution in [0.2, 0.25) is 0 Å². The van der Waals surface area contributed by atoms with Gasteiger partial charge in [-0.25, -0.2) is 27.2 Å². The number of anilines is 1. The third kappa shape index (κ3) is 6.28. The maximum absolute atomic E-state index is 13.2. The molecule has 3 heterocycles. The third-order valence-corrected chi connectivity index (χ3v) is 8.09. The zero-order valence-corrected chi connectivity index (χ0v) is 24.2. The molecule has 4 aromatic rings. The number of carbonyl (C=O) groups is 2. The number of pyridine rings is 1. The maximum atomic E-state index is 13.2. The summed E-state index contributed by atoms with van der Waals surface area (Å²) in [4.78, 5) is 34.6. The summed E-state index contributed by atoms with van der Waals surface area (Å²) in [6, 6.07) is 10.7. The molecule has 0 bridgehead atoms. The normalized spacial score (nSPS) is 13.2. The van der Waals surface area contributed by atoms with Gasteiger partial charge in [-0.05, 0) is 50.5 Å². The van der Waals surface area contributed by atoms with Gasteiger partial charge in [0.1, 0.15) is 11.6 Å². The molecule has 0 saturated heterocycles. The van der Waals surface area contributed by atoms with E-state index < -0.39 is 39.1 Å². The second kappa shape index (κ2) is 10.4. The van der Waals surface area contributed by atoms with E-state index >= 15 is 0 Å². The summed E-state index contributed by atoms with van der Waals surface area (Å²) < 4.78 is 32.9. The lowest BCUT2D eigenvalue weighted by molar-refractivity contribution is -0.120. The van der Waals surface area contributed by atoms with Crippen molar-refractivity contribution in [2.45, 2.75) is 58.1 Å². The Bertz CT molecular complexity index is 1610. The highest BCUT2D eigenvalue weighted by Crippen LogP contribution is 2.32. The van der Waals surface area contributed by atoms with E-state index in [2.05, 4.69) is 20.6 Å².